The summed E-state index contributed by atoms with van der Waals surface area (Å²) in [4.78, 5) is 63.2. The Morgan fingerprint density at radius 3 is 2.77 bits per heavy atom. The number of rotatable bonds is 11. The number of nitrogen functional groups attached to an aromatic ring is 1. The van der Waals surface area contributed by atoms with Gasteiger partial charge in [-0.3, -0.25) is 27.4 Å². The second-order valence-corrected chi connectivity index (χ2v) is 14.5. The first kappa shape index (κ1) is 33.4. The van der Waals surface area contributed by atoms with E-state index < -0.39 is 99.5 Å². The van der Waals surface area contributed by atoms with Crippen molar-refractivity contribution in [2.45, 2.75) is 42.7 Å². The summed E-state index contributed by atoms with van der Waals surface area (Å²) in [7, 11) is -6.69. The van der Waals surface area contributed by atoms with Gasteiger partial charge in [-0.2, -0.15) is 13.1 Å². The van der Waals surface area contributed by atoms with Crippen LogP contribution in [0.4, 0.5) is 10.6 Å². The molecule has 3 aliphatic rings. The zero-order valence-corrected chi connectivity index (χ0v) is 26.8. The fourth-order valence-corrected chi connectivity index (χ4v) is 8.41. The fourth-order valence-electron chi connectivity index (χ4n) is 5.38. The van der Waals surface area contributed by atoms with Gasteiger partial charge in [-0.25, -0.2) is 24.5 Å². The molecule has 6 heterocycles. The molecule has 3 aromatic rings. The first-order valence-electron chi connectivity index (χ1n) is 13.9. The largest absolute Gasteiger partial charge is 0.477 e. The van der Waals surface area contributed by atoms with Crippen molar-refractivity contribution < 1.29 is 55.7 Å². The predicted octanol–water partition coefficient (Wildman–Crippen LogP) is -1.90. The van der Waals surface area contributed by atoms with Crippen LogP contribution in [0, 0.1) is 0 Å². The molecule has 6 N–H and O–H groups in total. The van der Waals surface area contributed by atoms with E-state index in [1.54, 1.807) is 17.5 Å². The molecular weight excluding hydrogens is 701 g/mol. The minimum Gasteiger partial charge on any atom is -0.477 e. The Labute approximate surface area is 276 Å². The summed E-state index contributed by atoms with van der Waals surface area (Å²) in [5.74, 6) is -3.23. The number of carbonyl (C=O) groups is 4. The van der Waals surface area contributed by atoms with Crippen molar-refractivity contribution in [3.05, 3.63) is 46.3 Å². The van der Waals surface area contributed by atoms with E-state index in [4.69, 9.17) is 19.4 Å². The van der Waals surface area contributed by atoms with Gasteiger partial charge in [0.05, 0.1) is 42.0 Å². The first-order valence-corrected chi connectivity index (χ1v) is 17.6. The number of aliphatic carboxylic acids is 1. The zero-order chi connectivity index (χ0) is 34.3. The van der Waals surface area contributed by atoms with E-state index in [1.165, 1.54) is 33.3 Å². The van der Waals surface area contributed by atoms with Gasteiger partial charge in [0.1, 0.15) is 41.7 Å². The van der Waals surface area contributed by atoms with Gasteiger partial charge >= 0.3 is 22.4 Å². The zero-order valence-electron chi connectivity index (χ0n) is 24.3. The van der Waals surface area contributed by atoms with Crippen molar-refractivity contribution in [2.24, 2.45) is 0 Å². The molecule has 2 fully saturated rings. The number of nitrogens with two attached hydrogens (primary N) is 1. The van der Waals surface area contributed by atoms with Gasteiger partial charge in [0, 0.05) is 16.9 Å². The van der Waals surface area contributed by atoms with E-state index in [1.807, 2.05) is 0 Å². The average Bonchev–Trinajstić information content (AvgIpc) is 3.78. The SMILES string of the molecule is Nc1ncnc2c1ncn2[C@@H]1O[C@H](COS(=O)(=O)NC(=O)OCC2=C(C(=O)O)N3C(=O)[C@@H](NC(=O)Cc4cccs4)[C@H]3S(=O)C2)C[C@H]1O. The van der Waals surface area contributed by atoms with Gasteiger partial charge in [-0.15, -0.1) is 11.3 Å². The van der Waals surface area contributed by atoms with E-state index in [9.17, 15) is 42.0 Å². The number of thiophene rings is 1. The molecule has 2 saturated heterocycles. The Balaban J connectivity index is 1.02. The van der Waals surface area contributed by atoms with Crippen LogP contribution in [-0.4, -0.2) is 114 Å². The number of aliphatic hydroxyl groups excluding tert-OH is 1. The lowest BCUT2D eigenvalue weighted by molar-refractivity contribution is -0.151. The molecule has 0 spiro atoms. The lowest BCUT2D eigenvalue weighted by atomic mass is 10.0. The second kappa shape index (κ2) is 13.2. The number of hydrogen-bond acceptors (Lipinski definition) is 16. The van der Waals surface area contributed by atoms with E-state index in [-0.39, 0.29) is 35.4 Å². The van der Waals surface area contributed by atoms with Gasteiger partial charge in [0.15, 0.2) is 17.7 Å². The predicted molar refractivity (Wildman–Crippen MR) is 162 cm³/mol. The summed E-state index contributed by atoms with van der Waals surface area (Å²) in [6.07, 6.45) is -2.15. The highest BCUT2D eigenvalue weighted by atomic mass is 32.2. The molecule has 0 saturated carbocycles. The number of hydrogen-bond donors (Lipinski definition) is 5. The highest BCUT2D eigenvalue weighted by molar-refractivity contribution is 7.86. The number of imidazole rings is 1. The van der Waals surface area contributed by atoms with E-state index >= 15 is 0 Å². The topological polar surface area (TPSA) is 285 Å². The number of carboxylic acids is 1. The molecule has 0 radical (unpaired) electrons. The van der Waals surface area contributed by atoms with Gasteiger partial charge < -0.3 is 30.7 Å². The Morgan fingerprint density at radius 1 is 1.25 bits per heavy atom. The number of aliphatic hydroxyl groups is 1. The Hall–Kier alpha value is -4.55. The fraction of sp³-hybridized carbons (Fsp3) is 0.400. The molecule has 3 aromatic heterocycles. The van der Waals surface area contributed by atoms with Gasteiger partial charge in [0.25, 0.3) is 5.91 Å². The van der Waals surface area contributed by atoms with Crippen molar-refractivity contribution in [3.63, 3.8) is 0 Å². The maximum atomic E-state index is 13.0. The number of nitrogens with one attached hydrogen (secondary N) is 2. The van der Waals surface area contributed by atoms with E-state index in [0.717, 1.165) is 9.78 Å². The van der Waals surface area contributed by atoms with Crippen LogP contribution < -0.4 is 15.8 Å². The number of fused-ring (bicyclic) bond motifs is 2. The average molecular weight is 727 g/mol. The smallest absolute Gasteiger partial charge is 0.423 e. The van der Waals surface area contributed by atoms with Crippen LogP contribution >= 0.6 is 11.3 Å². The molecule has 1 unspecified atom stereocenters. The number of aromatic nitrogens is 4. The molecule has 6 rings (SSSR count). The van der Waals surface area contributed by atoms with Gasteiger partial charge in [-0.1, -0.05) is 6.07 Å². The molecule has 0 aliphatic carbocycles. The first-order chi connectivity index (χ1) is 22.8. The van der Waals surface area contributed by atoms with Crippen LogP contribution in [-0.2, 0) is 55.6 Å². The summed E-state index contributed by atoms with van der Waals surface area (Å²) in [6.45, 7) is -1.44. The molecule has 3 aliphatic heterocycles. The molecule has 6 atom stereocenters. The number of nitrogens with zero attached hydrogens (tertiary/aromatic N) is 5. The molecule has 0 bridgehead atoms. The molecular formula is C25H26N8O12S3. The van der Waals surface area contributed by atoms with Gasteiger partial charge in [-0.05, 0) is 11.4 Å². The number of ether oxygens (including phenoxy) is 2. The molecule has 3 amide bonds. The number of carbonyl (C=O) groups excluding carboxylic acids is 3. The summed E-state index contributed by atoms with van der Waals surface area (Å²) < 4.78 is 56.1. The Morgan fingerprint density at radius 2 is 2.04 bits per heavy atom. The Kier molecular flexibility index (Phi) is 9.14. The highest BCUT2D eigenvalue weighted by Gasteiger charge is 2.57. The maximum Gasteiger partial charge on any atom is 0.423 e. The normalized spacial score (nSPS) is 25.4. The molecule has 20 nitrogen and oxygen atoms in total. The number of amides is 3. The molecule has 0 aromatic carbocycles. The quantitative estimate of drug-likeness (QED) is 0.135. The van der Waals surface area contributed by atoms with Crippen LogP contribution in [0.3, 0.4) is 0 Å². The second-order valence-electron chi connectivity index (χ2n) is 10.6. The summed E-state index contributed by atoms with van der Waals surface area (Å²) in [5.41, 5.74) is 5.52. The van der Waals surface area contributed by atoms with Crippen LogP contribution in [0.15, 0.2) is 41.4 Å². The van der Waals surface area contributed by atoms with E-state index in [0.29, 0.717) is 0 Å². The number of anilines is 1. The lowest BCUT2D eigenvalue weighted by Crippen LogP contribution is -2.73. The minimum absolute atomic E-state index is 0.0198. The van der Waals surface area contributed by atoms with Gasteiger partial charge in [0.2, 0.25) is 5.91 Å². The van der Waals surface area contributed by atoms with Crippen LogP contribution in [0.1, 0.15) is 17.5 Å². The maximum absolute atomic E-state index is 13.0. The molecule has 48 heavy (non-hydrogen) atoms. The van der Waals surface area contributed by atoms with Crippen molar-refractivity contribution in [3.8, 4) is 0 Å². The van der Waals surface area contributed by atoms with Crippen molar-refractivity contribution >= 4 is 73.3 Å². The third kappa shape index (κ3) is 6.59. The highest BCUT2D eigenvalue weighted by Crippen LogP contribution is 2.35. The number of carboxylic acid groups (broad SMARTS) is 1. The van der Waals surface area contributed by atoms with Crippen molar-refractivity contribution in [1.29, 1.82) is 0 Å². The Bertz CT molecular complexity index is 1950. The van der Waals surface area contributed by atoms with Crippen molar-refractivity contribution in [1.82, 2.24) is 34.5 Å². The van der Waals surface area contributed by atoms with E-state index in [2.05, 4.69) is 20.3 Å². The summed E-state index contributed by atoms with van der Waals surface area (Å²) in [6, 6.07) is 2.26. The van der Waals surface area contributed by atoms with Crippen LogP contribution in [0.2, 0.25) is 0 Å². The lowest BCUT2D eigenvalue weighted by Gasteiger charge is -2.48. The molecule has 23 heteroatoms. The van der Waals surface area contributed by atoms with Crippen LogP contribution in [0.25, 0.3) is 11.2 Å². The monoisotopic (exact) mass is 726 g/mol. The van der Waals surface area contributed by atoms with Crippen LogP contribution in [0.5, 0.6) is 0 Å². The summed E-state index contributed by atoms with van der Waals surface area (Å²) in [5, 5.41) is 23.4. The minimum atomic E-state index is -4.78. The molecule has 256 valence electrons. The number of β-lactam (4-membered cyclic amide) rings is 1. The standard InChI is InChI=1S/C25H26N8O12S3/c26-19-16-20(28-9-27-19)32(10-29-16)22-14(34)4-12(45-22)7-44-48(41,42)31-25(39)43-6-11-8-47(40)23-17(21(36)33(23)18(11)24(37)38)30-15(35)5-13-2-1-3-46-13/h1-3,9-10,12,14,17,22-23,34H,4-8H2,(H,30,35)(H,31,39)(H,37,38)(H2,26,27,28)/t12-,14+,17+,22+,23+,47?/m0/s1. The third-order valence-electron chi connectivity index (χ3n) is 7.46. The summed E-state index contributed by atoms with van der Waals surface area (Å²) >= 11 is 1.33. The van der Waals surface area contributed by atoms with Crippen molar-refractivity contribution in [2.75, 3.05) is 24.7 Å². The third-order valence-corrected chi connectivity index (χ3v) is 10.9.